The number of benzene rings is 1. The van der Waals surface area contributed by atoms with E-state index >= 15 is 0 Å². The van der Waals surface area contributed by atoms with Crippen molar-refractivity contribution in [1.29, 1.82) is 0 Å². The maximum absolute atomic E-state index is 4.65. The van der Waals surface area contributed by atoms with E-state index in [4.69, 9.17) is 0 Å². The summed E-state index contributed by atoms with van der Waals surface area (Å²) < 4.78 is 0. The second-order valence-electron chi connectivity index (χ2n) is 4.29. The predicted octanol–water partition coefficient (Wildman–Crippen LogP) is 3.50. The zero-order chi connectivity index (χ0) is 11.4. The van der Waals surface area contributed by atoms with E-state index in [1.165, 1.54) is 5.71 Å². The molecule has 0 aromatic heterocycles. The summed E-state index contributed by atoms with van der Waals surface area (Å²) in [7, 11) is 4.08. The van der Waals surface area contributed by atoms with E-state index in [1.54, 1.807) is 0 Å². The van der Waals surface area contributed by atoms with Gasteiger partial charge in [-0.25, -0.2) is 0 Å². The van der Waals surface area contributed by atoms with Gasteiger partial charge in [0.2, 0.25) is 0 Å². The van der Waals surface area contributed by atoms with Crippen molar-refractivity contribution in [2.45, 2.75) is 20.8 Å². The number of nitrogens with zero attached hydrogens (tertiary/aromatic N) is 2. The van der Waals surface area contributed by atoms with Gasteiger partial charge in [-0.3, -0.25) is 4.99 Å². The summed E-state index contributed by atoms with van der Waals surface area (Å²) in [5, 5.41) is 0. The third-order valence-electron chi connectivity index (χ3n) is 2.50. The topological polar surface area (TPSA) is 15.6 Å². The summed E-state index contributed by atoms with van der Waals surface area (Å²) >= 11 is 0. The minimum absolute atomic E-state index is 0.500. The third-order valence-corrected chi connectivity index (χ3v) is 2.50. The van der Waals surface area contributed by atoms with Crippen molar-refractivity contribution in [3.63, 3.8) is 0 Å². The molecule has 1 aromatic rings. The Morgan fingerprint density at radius 1 is 1.20 bits per heavy atom. The predicted molar refractivity (Wildman–Crippen MR) is 68.4 cm³/mol. The minimum Gasteiger partial charge on any atom is -0.376 e. The molecule has 0 radical (unpaired) electrons. The molecule has 0 saturated carbocycles. The molecule has 0 bridgehead atoms. The zero-order valence-corrected chi connectivity index (χ0v) is 10.3. The van der Waals surface area contributed by atoms with Crippen molar-refractivity contribution in [2.24, 2.45) is 10.9 Å². The van der Waals surface area contributed by atoms with Gasteiger partial charge in [-0.2, -0.15) is 0 Å². The van der Waals surface area contributed by atoms with E-state index in [2.05, 4.69) is 42.8 Å². The molecule has 1 aromatic carbocycles. The Morgan fingerprint density at radius 3 is 2.33 bits per heavy atom. The molecule has 15 heavy (non-hydrogen) atoms. The van der Waals surface area contributed by atoms with Crippen LogP contribution in [0.5, 0.6) is 0 Å². The molecule has 2 heteroatoms. The molecule has 0 aliphatic carbocycles. The van der Waals surface area contributed by atoms with Crippen LogP contribution in [0.4, 0.5) is 11.4 Å². The van der Waals surface area contributed by atoms with Gasteiger partial charge in [-0.05, 0) is 25.0 Å². The number of para-hydroxylation sites is 2. The first-order valence-corrected chi connectivity index (χ1v) is 5.34. The number of anilines is 1. The highest BCUT2D eigenvalue weighted by atomic mass is 15.1. The minimum atomic E-state index is 0.500. The van der Waals surface area contributed by atoms with E-state index in [1.807, 2.05) is 26.2 Å². The highest BCUT2D eigenvalue weighted by Gasteiger charge is 2.04. The van der Waals surface area contributed by atoms with Crippen LogP contribution in [0.25, 0.3) is 0 Å². The van der Waals surface area contributed by atoms with Crippen LogP contribution in [0.1, 0.15) is 20.8 Å². The number of hydrogen-bond acceptors (Lipinski definition) is 2. The molecule has 0 spiro atoms. The van der Waals surface area contributed by atoms with Gasteiger partial charge in [0.25, 0.3) is 0 Å². The monoisotopic (exact) mass is 204 g/mol. The second-order valence-corrected chi connectivity index (χ2v) is 4.29. The van der Waals surface area contributed by atoms with Crippen LogP contribution in [0.2, 0.25) is 0 Å². The van der Waals surface area contributed by atoms with Gasteiger partial charge in [0, 0.05) is 19.8 Å². The van der Waals surface area contributed by atoms with Gasteiger partial charge in [0.15, 0.2) is 0 Å². The van der Waals surface area contributed by atoms with Crippen molar-refractivity contribution in [3.8, 4) is 0 Å². The van der Waals surface area contributed by atoms with Crippen molar-refractivity contribution >= 4 is 17.1 Å². The van der Waals surface area contributed by atoms with E-state index in [9.17, 15) is 0 Å². The van der Waals surface area contributed by atoms with Crippen molar-refractivity contribution in [1.82, 2.24) is 0 Å². The van der Waals surface area contributed by atoms with Crippen LogP contribution >= 0.6 is 0 Å². The highest BCUT2D eigenvalue weighted by molar-refractivity contribution is 5.88. The Kier molecular flexibility index (Phi) is 3.89. The Hall–Kier alpha value is -1.31. The lowest BCUT2D eigenvalue weighted by molar-refractivity contribution is 0.878. The second kappa shape index (κ2) is 4.96. The fraction of sp³-hybridized carbons (Fsp3) is 0.462. The first kappa shape index (κ1) is 11.8. The Bertz CT molecular complexity index is 351. The average Bonchev–Trinajstić information content (AvgIpc) is 2.18. The van der Waals surface area contributed by atoms with E-state index in [0.717, 1.165) is 11.4 Å². The fourth-order valence-corrected chi connectivity index (χ4v) is 1.26. The summed E-state index contributed by atoms with van der Waals surface area (Å²) in [5.41, 5.74) is 3.38. The largest absolute Gasteiger partial charge is 0.376 e. The SMILES string of the molecule is CC(=Nc1ccccc1N(C)C)C(C)C. The van der Waals surface area contributed by atoms with E-state index < -0.39 is 0 Å². The molecule has 1 rings (SSSR count). The molecule has 0 heterocycles. The molecule has 0 saturated heterocycles. The first-order chi connectivity index (χ1) is 7.02. The number of rotatable bonds is 3. The molecule has 0 atom stereocenters. The maximum atomic E-state index is 4.65. The standard InChI is InChI=1S/C13H20N2/c1-10(2)11(3)14-12-8-6-7-9-13(12)15(4)5/h6-10H,1-5H3. The van der Waals surface area contributed by atoms with Crippen LogP contribution < -0.4 is 4.90 Å². The average molecular weight is 204 g/mol. The molecular formula is C13H20N2. The molecule has 0 amide bonds. The summed E-state index contributed by atoms with van der Waals surface area (Å²) in [5.74, 6) is 0.500. The quantitative estimate of drug-likeness (QED) is 0.688. The van der Waals surface area contributed by atoms with Crippen molar-refractivity contribution < 1.29 is 0 Å². The van der Waals surface area contributed by atoms with E-state index in [0.29, 0.717) is 5.92 Å². The lowest BCUT2D eigenvalue weighted by Crippen LogP contribution is -2.09. The molecule has 82 valence electrons. The molecular weight excluding hydrogens is 184 g/mol. The van der Waals surface area contributed by atoms with Crippen LogP contribution in [0.3, 0.4) is 0 Å². The Morgan fingerprint density at radius 2 is 1.80 bits per heavy atom. The van der Waals surface area contributed by atoms with Crippen LogP contribution in [0.15, 0.2) is 29.3 Å². The molecule has 0 aliphatic rings. The van der Waals surface area contributed by atoms with E-state index in [-0.39, 0.29) is 0 Å². The van der Waals surface area contributed by atoms with Gasteiger partial charge >= 0.3 is 0 Å². The zero-order valence-electron chi connectivity index (χ0n) is 10.3. The molecule has 2 nitrogen and oxygen atoms in total. The molecule has 0 fully saturated rings. The van der Waals surface area contributed by atoms with Gasteiger partial charge in [-0.1, -0.05) is 26.0 Å². The maximum Gasteiger partial charge on any atom is 0.0862 e. The van der Waals surface area contributed by atoms with Crippen LogP contribution in [0, 0.1) is 5.92 Å². The Labute approximate surface area is 92.6 Å². The lowest BCUT2D eigenvalue weighted by atomic mass is 10.1. The summed E-state index contributed by atoms with van der Waals surface area (Å²) in [6, 6.07) is 8.21. The fourth-order valence-electron chi connectivity index (χ4n) is 1.26. The summed E-state index contributed by atoms with van der Waals surface area (Å²) in [6.07, 6.45) is 0. The molecule has 0 aliphatic heterocycles. The van der Waals surface area contributed by atoms with Gasteiger partial charge in [-0.15, -0.1) is 0 Å². The summed E-state index contributed by atoms with van der Waals surface area (Å²) in [4.78, 5) is 6.74. The number of hydrogen-bond donors (Lipinski definition) is 0. The lowest BCUT2D eigenvalue weighted by Gasteiger charge is -2.15. The first-order valence-electron chi connectivity index (χ1n) is 5.34. The molecule has 0 unspecified atom stereocenters. The normalized spacial score (nSPS) is 12.0. The van der Waals surface area contributed by atoms with Gasteiger partial charge < -0.3 is 4.90 Å². The van der Waals surface area contributed by atoms with Crippen LogP contribution in [-0.2, 0) is 0 Å². The summed E-state index contributed by atoms with van der Waals surface area (Å²) in [6.45, 7) is 6.41. The highest BCUT2D eigenvalue weighted by Crippen LogP contribution is 2.27. The number of aliphatic imine (C=N–C) groups is 1. The van der Waals surface area contributed by atoms with Gasteiger partial charge in [0.05, 0.1) is 11.4 Å². The van der Waals surface area contributed by atoms with Crippen LogP contribution in [-0.4, -0.2) is 19.8 Å². The Balaban J connectivity index is 3.09. The van der Waals surface area contributed by atoms with Crippen molar-refractivity contribution in [2.75, 3.05) is 19.0 Å². The molecule has 0 N–H and O–H groups in total. The smallest absolute Gasteiger partial charge is 0.0862 e. The van der Waals surface area contributed by atoms with Crippen molar-refractivity contribution in [3.05, 3.63) is 24.3 Å². The van der Waals surface area contributed by atoms with Gasteiger partial charge in [0.1, 0.15) is 0 Å². The third kappa shape index (κ3) is 3.08.